The van der Waals surface area contributed by atoms with Crippen LogP contribution in [-0.4, -0.2) is 68.0 Å². The summed E-state index contributed by atoms with van der Waals surface area (Å²) in [5.41, 5.74) is 1.93. The van der Waals surface area contributed by atoms with Gasteiger partial charge in [0.2, 0.25) is 0 Å². The molecule has 2 aromatic rings. The van der Waals surface area contributed by atoms with Crippen LogP contribution in [0.4, 0.5) is 4.79 Å². The number of amidine groups is 1. The molecule has 8 nitrogen and oxygen atoms in total. The molecule has 2 unspecified atom stereocenters. The van der Waals surface area contributed by atoms with E-state index in [1.807, 2.05) is 29.2 Å². The number of imidazole rings is 1. The van der Waals surface area contributed by atoms with E-state index >= 15 is 0 Å². The van der Waals surface area contributed by atoms with Gasteiger partial charge in [-0.1, -0.05) is 23.9 Å². The first-order valence-electron chi connectivity index (χ1n) is 7.70. The van der Waals surface area contributed by atoms with E-state index in [1.54, 1.807) is 18.8 Å². The Labute approximate surface area is 156 Å². The Balaban J connectivity index is 1.43. The number of rotatable bonds is 4. The first-order chi connectivity index (χ1) is 12.0. The first-order valence-corrected chi connectivity index (χ1v) is 9.47. The van der Waals surface area contributed by atoms with Gasteiger partial charge in [-0.2, -0.15) is 0 Å². The molecule has 0 spiro atoms. The number of amides is 3. The van der Waals surface area contributed by atoms with Crippen molar-refractivity contribution in [3.8, 4) is 0 Å². The van der Waals surface area contributed by atoms with E-state index in [2.05, 4.69) is 36.2 Å². The van der Waals surface area contributed by atoms with Crippen molar-refractivity contribution >= 4 is 55.4 Å². The highest BCUT2D eigenvalue weighted by Gasteiger charge is 2.47. The highest BCUT2D eigenvalue weighted by molar-refractivity contribution is 9.18. The van der Waals surface area contributed by atoms with Crippen LogP contribution in [0.1, 0.15) is 0 Å². The van der Waals surface area contributed by atoms with Crippen LogP contribution in [0, 0.1) is 0 Å². The number of carbonyl (C=O) groups is 2. The maximum Gasteiger partial charge on any atom is 0.325 e. The number of aliphatic imine (C=N–C) groups is 1. The smallest absolute Gasteiger partial charge is 0.325 e. The fourth-order valence-electron chi connectivity index (χ4n) is 2.96. The van der Waals surface area contributed by atoms with Crippen molar-refractivity contribution in [3.05, 3.63) is 24.3 Å². The normalized spacial score (nSPS) is 23.0. The standard InChI is InChI=1S/C15H15BrN6O2S/c1-21-11-10(12(23)20-15(21)24)22(13(16)19-11)6-7-25-14-17-8-4-2-3-5-9(8)18-14/h2-5,10-11H,6-7H2,1H3,(H,17,18)(H,20,23,24). The SMILES string of the molecule is CN1C(=O)NC(=O)C2C1N=C(Br)N2CCSc1nc2ccccc2[nH]1. The van der Waals surface area contributed by atoms with Gasteiger partial charge < -0.3 is 14.8 Å². The number of likely N-dealkylation sites (N-methyl/N-ethyl adjacent to an activating group) is 1. The number of aromatic amines is 1. The molecule has 2 N–H and O–H groups in total. The van der Waals surface area contributed by atoms with E-state index in [4.69, 9.17) is 0 Å². The molecule has 2 aliphatic rings. The van der Waals surface area contributed by atoms with Gasteiger partial charge in [-0.15, -0.1) is 0 Å². The van der Waals surface area contributed by atoms with Gasteiger partial charge in [0.05, 0.1) is 11.0 Å². The van der Waals surface area contributed by atoms with Crippen molar-refractivity contribution < 1.29 is 9.59 Å². The second-order valence-electron chi connectivity index (χ2n) is 5.76. The van der Waals surface area contributed by atoms with Crippen molar-refractivity contribution in [2.45, 2.75) is 17.4 Å². The maximum atomic E-state index is 12.2. The van der Waals surface area contributed by atoms with E-state index in [1.165, 1.54) is 4.90 Å². The molecule has 0 bridgehead atoms. The van der Waals surface area contributed by atoms with Crippen molar-refractivity contribution in [2.24, 2.45) is 4.99 Å². The monoisotopic (exact) mass is 422 g/mol. The highest BCUT2D eigenvalue weighted by atomic mass is 79.9. The average Bonchev–Trinajstić information content (AvgIpc) is 3.14. The molecule has 10 heteroatoms. The molecule has 0 radical (unpaired) electrons. The topological polar surface area (TPSA) is 93.7 Å². The Bertz CT molecular complexity index is 851. The summed E-state index contributed by atoms with van der Waals surface area (Å²) in [7, 11) is 1.63. The minimum atomic E-state index is -0.506. The molecule has 2 aliphatic heterocycles. The Morgan fingerprint density at radius 3 is 2.92 bits per heavy atom. The van der Waals surface area contributed by atoms with E-state index in [-0.39, 0.29) is 5.91 Å². The lowest BCUT2D eigenvalue weighted by Gasteiger charge is -2.35. The summed E-state index contributed by atoms with van der Waals surface area (Å²) in [4.78, 5) is 39.5. The van der Waals surface area contributed by atoms with E-state index in [0.29, 0.717) is 11.3 Å². The molecule has 130 valence electrons. The number of benzene rings is 1. The summed E-state index contributed by atoms with van der Waals surface area (Å²) in [5.74, 6) is 0.401. The third kappa shape index (κ3) is 2.89. The lowest BCUT2D eigenvalue weighted by atomic mass is 10.1. The van der Waals surface area contributed by atoms with Gasteiger partial charge in [0.15, 0.2) is 22.1 Å². The van der Waals surface area contributed by atoms with Crippen LogP contribution in [0.3, 0.4) is 0 Å². The third-order valence-corrected chi connectivity index (χ3v) is 5.76. The molecule has 1 aromatic carbocycles. The van der Waals surface area contributed by atoms with Crippen molar-refractivity contribution in [1.82, 2.24) is 25.1 Å². The van der Waals surface area contributed by atoms with Gasteiger partial charge >= 0.3 is 6.03 Å². The Morgan fingerprint density at radius 1 is 1.32 bits per heavy atom. The molecule has 0 saturated carbocycles. The number of urea groups is 1. The van der Waals surface area contributed by atoms with Gasteiger partial charge in [0, 0.05) is 19.3 Å². The first kappa shape index (κ1) is 16.4. The highest BCUT2D eigenvalue weighted by Crippen LogP contribution is 2.27. The molecule has 3 heterocycles. The molecule has 4 rings (SSSR count). The molecule has 1 saturated heterocycles. The predicted octanol–water partition coefficient (Wildman–Crippen LogP) is 1.60. The molecule has 2 atom stereocenters. The summed E-state index contributed by atoms with van der Waals surface area (Å²) in [6.07, 6.45) is -0.494. The van der Waals surface area contributed by atoms with E-state index in [9.17, 15) is 9.59 Å². The zero-order chi connectivity index (χ0) is 17.6. The number of nitrogens with zero attached hydrogens (tertiary/aromatic N) is 4. The molecular formula is C15H15BrN6O2S. The van der Waals surface area contributed by atoms with Crippen LogP contribution < -0.4 is 5.32 Å². The Hall–Kier alpha value is -2.07. The number of imide groups is 1. The van der Waals surface area contributed by atoms with Gasteiger partial charge in [-0.25, -0.2) is 14.8 Å². The number of hydrogen-bond donors (Lipinski definition) is 2. The van der Waals surface area contributed by atoms with Gasteiger partial charge in [0.25, 0.3) is 5.91 Å². The summed E-state index contributed by atoms with van der Waals surface area (Å²) in [5, 5.41) is 3.20. The minimum absolute atomic E-state index is 0.319. The summed E-state index contributed by atoms with van der Waals surface area (Å²) >= 11 is 4.99. The fourth-order valence-corrected chi connectivity index (χ4v) is 4.40. The summed E-state index contributed by atoms with van der Waals surface area (Å²) < 4.78 is 0.587. The molecule has 1 fully saturated rings. The zero-order valence-electron chi connectivity index (χ0n) is 13.3. The average molecular weight is 423 g/mol. The van der Waals surface area contributed by atoms with Crippen LogP contribution in [0.2, 0.25) is 0 Å². The van der Waals surface area contributed by atoms with E-state index in [0.717, 1.165) is 21.9 Å². The molecular weight excluding hydrogens is 408 g/mol. The number of fused-ring (bicyclic) bond motifs is 2. The number of para-hydroxylation sites is 2. The third-order valence-electron chi connectivity index (χ3n) is 4.25. The molecule has 0 aliphatic carbocycles. The zero-order valence-corrected chi connectivity index (χ0v) is 15.7. The number of halogens is 1. The molecule has 25 heavy (non-hydrogen) atoms. The van der Waals surface area contributed by atoms with Crippen LogP contribution in [-0.2, 0) is 4.79 Å². The van der Waals surface area contributed by atoms with Gasteiger partial charge in [0.1, 0.15) is 0 Å². The molecule has 3 amide bonds. The van der Waals surface area contributed by atoms with Crippen molar-refractivity contribution in [1.29, 1.82) is 0 Å². The van der Waals surface area contributed by atoms with Crippen molar-refractivity contribution in [3.63, 3.8) is 0 Å². The Morgan fingerprint density at radius 2 is 2.12 bits per heavy atom. The summed E-state index contributed by atoms with van der Waals surface area (Å²) in [6, 6.07) is 6.94. The van der Waals surface area contributed by atoms with Gasteiger partial charge in [-0.3, -0.25) is 10.1 Å². The number of nitrogens with one attached hydrogen (secondary N) is 2. The lowest BCUT2D eigenvalue weighted by Crippen LogP contribution is -2.63. The van der Waals surface area contributed by atoms with E-state index < -0.39 is 18.2 Å². The fraction of sp³-hybridized carbons (Fsp3) is 0.333. The number of carbonyl (C=O) groups excluding carboxylic acids is 2. The second-order valence-corrected chi connectivity index (χ2v) is 7.56. The maximum absolute atomic E-state index is 12.2. The Kier molecular flexibility index (Phi) is 4.16. The largest absolute Gasteiger partial charge is 0.334 e. The van der Waals surface area contributed by atoms with Crippen LogP contribution >= 0.6 is 27.7 Å². The summed E-state index contributed by atoms with van der Waals surface area (Å²) in [6.45, 7) is 0.600. The predicted molar refractivity (Wildman–Crippen MR) is 98.8 cm³/mol. The van der Waals surface area contributed by atoms with Crippen LogP contribution in [0.25, 0.3) is 11.0 Å². The minimum Gasteiger partial charge on any atom is -0.334 e. The van der Waals surface area contributed by atoms with Crippen LogP contribution in [0.15, 0.2) is 34.4 Å². The molecule has 1 aromatic heterocycles. The lowest BCUT2D eigenvalue weighted by molar-refractivity contribution is -0.126. The number of aromatic nitrogens is 2. The van der Waals surface area contributed by atoms with Gasteiger partial charge in [-0.05, 0) is 28.1 Å². The van der Waals surface area contributed by atoms with Crippen molar-refractivity contribution in [2.75, 3.05) is 19.3 Å². The van der Waals surface area contributed by atoms with Crippen LogP contribution in [0.5, 0.6) is 0 Å². The second kappa shape index (κ2) is 6.34. The number of H-pyrrole nitrogens is 1. The number of thioether (sulfide) groups is 1. The number of hydrogen-bond acceptors (Lipinski definition) is 6. The quantitative estimate of drug-likeness (QED) is 0.576.